The van der Waals surface area contributed by atoms with E-state index in [1.807, 2.05) is 6.07 Å². The topological polar surface area (TPSA) is 85.3 Å². The van der Waals surface area contributed by atoms with Crippen LogP contribution in [0.3, 0.4) is 0 Å². The van der Waals surface area contributed by atoms with E-state index < -0.39 is 10.0 Å². The predicted molar refractivity (Wildman–Crippen MR) is 97.3 cm³/mol. The highest BCUT2D eigenvalue weighted by Gasteiger charge is 2.09. The fraction of sp³-hybridized carbons (Fsp3) is 0.158. The number of benzene rings is 2. The van der Waals surface area contributed by atoms with Crippen LogP contribution in [0.25, 0.3) is 11.3 Å². The number of nitrogens with two attached hydrogens (primary N) is 1. The molecule has 3 aromatic rings. The van der Waals surface area contributed by atoms with Gasteiger partial charge in [0, 0.05) is 0 Å². The van der Waals surface area contributed by atoms with E-state index >= 15 is 0 Å². The van der Waals surface area contributed by atoms with Crippen LogP contribution in [0.2, 0.25) is 0 Å². The van der Waals surface area contributed by atoms with E-state index in [4.69, 9.17) is 9.56 Å². The van der Waals surface area contributed by atoms with Gasteiger partial charge < -0.3 is 22.1 Å². The van der Waals surface area contributed by atoms with Gasteiger partial charge >= 0.3 is 0 Å². The third-order valence-electron chi connectivity index (χ3n) is 3.94. The Morgan fingerprint density at radius 1 is 1.00 bits per heavy atom. The van der Waals surface area contributed by atoms with Crippen LogP contribution in [0.1, 0.15) is 11.3 Å². The molecular formula is C19H19ClFN2O3S-. The smallest absolute Gasteiger partial charge is 0.238 e. The van der Waals surface area contributed by atoms with Gasteiger partial charge in [-0.15, -0.1) is 0 Å². The summed E-state index contributed by atoms with van der Waals surface area (Å²) < 4.78 is 41.9. The number of furan rings is 1. The number of primary sulfonamides is 1. The molecule has 0 unspecified atom stereocenters. The van der Waals surface area contributed by atoms with Gasteiger partial charge in [-0.2, -0.15) is 0 Å². The molecule has 2 aromatic carbocycles. The molecule has 0 spiro atoms. The maximum Gasteiger partial charge on any atom is 0.238 e. The Hall–Kier alpha value is -2.19. The molecule has 3 rings (SSSR count). The lowest BCUT2D eigenvalue weighted by molar-refractivity contribution is -0.00000904. The van der Waals surface area contributed by atoms with Crippen molar-refractivity contribution in [2.45, 2.75) is 17.9 Å². The Kier molecular flexibility index (Phi) is 7.15. The molecule has 0 saturated heterocycles. The van der Waals surface area contributed by atoms with Crippen molar-refractivity contribution in [2.75, 3.05) is 6.54 Å². The molecule has 144 valence electrons. The summed E-state index contributed by atoms with van der Waals surface area (Å²) in [7, 11) is -3.66. The Morgan fingerprint density at radius 2 is 1.70 bits per heavy atom. The summed E-state index contributed by atoms with van der Waals surface area (Å²) in [5.74, 6) is 0.899. The number of hydrogen-bond donors (Lipinski definition) is 2. The first kappa shape index (κ1) is 21.1. The number of rotatable bonds is 7. The molecule has 1 heterocycles. The van der Waals surface area contributed by atoms with Crippen molar-refractivity contribution in [3.05, 3.63) is 77.8 Å². The van der Waals surface area contributed by atoms with E-state index in [0.717, 1.165) is 12.0 Å². The number of sulfonamides is 1. The second kappa shape index (κ2) is 9.14. The summed E-state index contributed by atoms with van der Waals surface area (Å²) >= 11 is 0. The van der Waals surface area contributed by atoms with Crippen molar-refractivity contribution in [2.24, 2.45) is 5.14 Å². The average molecular weight is 410 g/mol. The SMILES string of the molecule is NS(=O)(=O)c1ccc(CCNCc2ccc(-c3ccccc3F)o2)cc1.[Cl-]. The molecule has 0 aliphatic heterocycles. The molecule has 3 N–H and O–H groups in total. The summed E-state index contributed by atoms with van der Waals surface area (Å²) in [6, 6.07) is 16.5. The van der Waals surface area contributed by atoms with Crippen LogP contribution in [0.15, 0.2) is 70.0 Å². The summed E-state index contributed by atoms with van der Waals surface area (Å²) in [5, 5.41) is 8.32. The fourth-order valence-corrected chi connectivity index (χ4v) is 3.08. The standard InChI is InChI=1S/C19H19FN2O3S.ClH/c20-18-4-2-1-3-17(18)19-10-7-15(25-19)13-22-12-11-14-5-8-16(9-6-14)26(21,23)24;/h1-10,22H,11-13H2,(H2,21,23,24);1H/p-1. The van der Waals surface area contributed by atoms with Crippen LogP contribution in [0.5, 0.6) is 0 Å². The molecule has 27 heavy (non-hydrogen) atoms. The number of nitrogens with one attached hydrogen (secondary N) is 1. The Labute approximate surface area is 163 Å². The minimum absolute atomic E-state index is 0. The number of hydrogen-bond acceptors (Lipinski definition) is 4. The van der Waals surface area contributed by atoms with Gasteiger partial charge in [0.1, 0.15) is 17.3 Å². The summed E-state index contributed by atoms with van der Waals surface area (Å²) in [4.78, 5) is 0.102. The van der Waals surface area contributed by atoms with E-state index in [9.17, 15) is 12.8 Å². The molecule has 0 radical (unpaired) electrons. The average Bonchev–Trinajstić information content (AvgIpc) is 3.07. The van der Waals surface area contributed by atoms with Gasteiger partial charge in [0.2, 0.25) is 10.0 Å². The normalized spacial score (nSPS) is 11.2. The Bertz CT molecular complexity index is 988. The molecule has 0 bridgehead atoms. The zero-order valence-corrected chi connectivity index (χ0v) is 15.9. The largest absolute Gasteiger partial charge is 1.00 e. The molecule has 0 aliphatic carbocycles. The molecule has 0 saturated carbocycles. The molecular weight excluding hydrogens is 391 g/mol. The molecule has 0 aliphatic rings. The molecule has 5 nitrogen and oxygen atoms in total. The van der Waals surface area contributed by atoms with Crippen LogP contribution in [0.4, 0.5) is 4.39 Å². The summed E-state index contributed by atoms with van der Waals surface area (Å²) in [5.41, 5.74) is 1.44. The van der Waals surface area contributed by atoms with Gasteiger partial charge in [-0.25, -0.2) is 17.9 Å². The Morgan fingerprint density at radius 3 is 2.37 bits per heavy atom. The molecule has 0 fully saturated rings. The van der Waals surface area contributed by atoms with Crippen molar-refractivity contribution >= 4 is 10.0 Å². The van der Waals surface area contributed by atoms with E-state index in [-0.39, 0.29) is 23.1 Å². The zero-order chi connectivity index (χ0) is 18.6. The summed E-state index contributed by atoms with van der Waals surface area (Å²) in [6.45, 7) is 1.20. The molecule has 0 amide bonds. The van der Waals surface area contributed by atoms with E-state index in [0.29, 0.717) is 30.2 Å². The highest BCUT2D eigenvalue weighted by atomic mass is 35.5. The van der Waals surface area contributed by atoms with Crippen LogP contribution in [-0.2, 0) is 23.0 Å². The van der Waals surface area contributed by atoms with Gasteiger partial charge in [0.05, 0.1) is 17.0 Å². The quantitative estimate of drug-likeness (QED) is 0.541. The van der Waals surface area contributed by atoms with Gasteiger partial charge in [-0.3, -0.25) is 0 Å². The lowest BCUT2D eigenvalue weighted by Crippen LogP contribution is -3.00. The molecule has 0 atom stereocenters. The monoisotopic (exact) mass is 409 g/mol. The fourth-order valence-electron chi connectivity index (χ4n) is 2.57. The zero-order valence-electron chi connectivity index (χ0n) is 14.4. The van der Waals surface area contributed by atoms with E-state index in [1.165, 1.54) is 18.2 Å². The predicted octanol–water partition coefficient (Wildman–Crippen LogP) is 0.0694. The first-order valence-corrected chi connectivity index (χ1v) is 9.64. The minimum Gasteiger partial charge on any atom is -1.00 e. The van der Waals surface area contributed by atoms with Crippen molar-refractivity contribution in [1.82, 2.24) is 5.32 Å². The van der Waals surface area contributed by atoms with Gasteiger partial charge in [-0.1, -0.05) is 24.3 Å². The van der Waals surface area contributed by atoms with Crippen molar-refractivity contribution in [1.29, 1.82) is 0 Å². The third kappa shape index (κ3) is 5.64. The van der Waals surface area contributed by atoms with Crippen LogP contribution in [-0.4, -0.2) is 15.0 Å². The first-order chi connectivity index (χ1) is 12.4. The third-order valence-corrected chi connectivity index (χ3v) is 4.87. The maximum atomic E-state index is 13.8. The lowest BCUT2D eigenvalue weighted by Gasteiger charge is -2.05. The van der Waals surface area contributed by atoms with Crippen LogP contribution < -0.4 is 22.9 Å². The Balaban J connectivity index is 0.00000261. The number of halogens is 2. The van der Waals surface area contributed by atoms with Gasteiger partial charge in [-0.05, 0) is 54.9 Å². The second-order valence-corrected chi connectivity index (χ2v) is 7.42. The molecule has 1 aromatic heterocycles. The van der Waals surface area contributed by atoms with Crippen molar-refractivity contribution in [3.8, 4) is 11.3 Å². The first-order valence-electron chi connectivity index (χ1n) is 8.09. The van der Waals surface area contributed by atoms with Crippen molar-refractivity contribution < 1.29 is 29.6 Å². The highest BCUT2D eigenvalue weighted by molar-refractivity contribution is 7.89. The van der Waals surface area contributed by atoms with E-state index in [1.54, 1.807) is 36.4 Å². The van der Waals surface area contributed by atoms with Crippen LogP contribution in [0, 0.1) is 5.82 Å². The second-order valence-electron chi connectivity index (χ2n) is 5.86. The van der Waals surface area contributed by atoms with E-state index in [2.05, 4.69) is 5.32 Å². The lowest BCUT2D eigenvalue weighted by atomic mass is 10.1. The summed E-state index contributed by atoms with van der Waals surface area (Å²) in [6.07, 6.45) is 0.728. The van der Waals surface area contributed by atoms with Gasteiger partial charge in [0.25, 0.3) is 0 Å². The highest BCUT2D eigenvalue weighted by Crippen LogP contribution is 2.24. The minimum atomic E-state index is -3.66. The molecule has 8 heteroatoms. The van der Waals surface area contributed by atoms with Gasteiger partial charge in [0.15, 0.2) is 0 Å². The maximum absolute atomic E-state index is 13.8. The van der Waals surface area contributed by atoms with Crippen LogP contribution >= 0.6 is 0 Å². The van der Waals surface area contributed by atoms with Crippen molar-refractivity contribution in [3.63, 3.8) is 0 Å².